The smallest absolute Gasteiger partial charge is 0.176 e. The van der Waals surface area contributed by atoms with E-state index in [4.69, 9.17) is 0 Å². The molecule has 2 nitrogen and oxygen atoms in total. The highest BCUT2D eigenvalue weighted by molar-refractivity contribution is 5.97. The highest BCUT2D eigenvalue weighted by atomic mass is 19.1. The van der Waals surface area contributed by atoms with E-state index in [1.54, 1.807) is 12.1 Å². The lowest BCUT2D eigenvalue weighted by molar-refractivity contribution is 0.0991. The van der Waals surface area contributed by atoms with E-state index < -0.39 is 0 Å². The largest absolute Gasteiger partial charge is 0.309 e. The summed E-state index contributed by atoms with van der Waals surface area (Å²) in [6, 6.07) is 12.2. The summed E-state index contributed by atoms with van der Waals surface area (Å²) >= 11 is 0. The van der Waals surface area contributed by atoms with E-state index in [9.17, 15) is 9.18 Å². The first-order valence-corrected chi connectivity index (χ1v) is 7.12. The number of carbonyl (C=O) groups excluding carboxylic acids is 1. The number of benzene rings is 2. The molecule has 0 radical (unpaired) electrons. The predicted octanol–water partition coefficient (Wildman–Crippen LogP) is 3.46. The van der Waals surface area contributed by atoms with Crippen LogP contribution in [0.25, 0.3) is 0 Å². The molecule has 0 atom stereocenters. The Labute approximate surface area is 125 Å². The van der Waals surface area contributed by atoms with Crippen molar-refractivity contribution in [2.24, 2.45) is 0 Å². The van der Waals surface area contributed by atoms with E-state index in [1.165, 1.54) is 17.7 Å². The van der Waals surface area contributed by atoms with Crippen LogP contribution >= 0.6 is 0 Å². The van der Waals surface area contributed by atoms with Crippen LogP contribution in [0.5, 0.6) is 0 Å². The van der Waals surface area contributed by atoms with Crippen LogP contribution in [0.15, 0.2) is 42.5 Å². The normalized spacial score (nSPS) is 10.6. The number of nitrogens with one attached hydrogen (secondary N) is 1. The second-order valence-corrected chi connectivity index (χ2v) is 5.28. The van der Waals surface area contributed by atoms with Gasteiger partial charge in [0.2, 0.25) is 0 Å². The molecular formula is C18H20FNO. The Hall–Kier alpha value is -2.00. The minimum absolute atomic E-state index is 0.0946. The third-order valence-electron chi connectivity index (χ3n) is 3.62. The number of rotatable bonds is 6. The summed E-state index contributed by atoms with van der Waals surface area (Å²) in [7, 11) is 0. The maximum Gasteiger partial charge on any atom is 0.176 e. The van der Waals surface area contributed by atoms with Gasteiger partial charge in [0.1, 0.15) is 5.82 Å². The molecule has 0 bridgehead atoms. The van der Waals surface area contributed by atoms with Crippen LogP contribution < -0.4 is 5.32 Å². The summed E-state index contributed by atoms with van der Waals surface area (Å²) in [5.41, 5.74) is 4.12. The lowest BCUT2D eigenvalue weighted by atomic mass is 10.0. The second-order valence-electron chi connectivity index (χ2n) is 5.28. The van der Waals surface area contributed by atoms with Crippen molar-refractivity contribution < 1.29 is 9.18 Å². The number of carbonyl (C=O) groups is 1. The van der Waals surface area contributed by atoms with Crippen molar-refractivity contribution in [3.63, 3.8) is 0 Å². The highest BCUT2D eigenvalue weighted by Gasteiger charge is 2.06. The van der Waals surface area contributed by atoms with Crippen LogP contribution in [-0.2, 0) is 6.42 Å². The highest BCUT2D eigenvalue weighted by Crippen LogP contribution is 2.10. The number of aryl methyl sites for hydroxylation is 2. The van der Waals surface area contributed by atoms with Crippen LogP contribution in [-0.4, -0.2) is 18.9 Å². The first kappa shape index (κ1) is 15.4. The van der Waals surface area contributed by atoms with Crippen LogP contribution in [0.3, 0.4) is 0 Å². The van der Waals surface area contributed by atoms with Gasteiger partial charge in [-0.05, 0) is 61.7 Å². The van der Waals surface area contributed by atoms with E-state index in [2.05, 4.69) is 5.32 Å². The number of hydrogen-bond donors (Lipinski definition) is 1. The number of Topliss-reactive ketones (excluding diaryl/α,β-unsaturated/α-hetero) is 1. The summed E-state index contributed by atoms with van der Waals surface area (Å²) in [6.45, 7) is 5.06. The summed E-state index contributed by atoms with van der Waals surface area (Å²) in [5, 5.41) is 3.14. The average molecular weight is 285 g/mol. The molecule has 21 heavy (non-hydrogen) atoms. The molecule has 0 amide bonds. The summed E-state index contributed by atoms with van der Waals surface area (Å²) in [4.78, 5) is 12.1. The monoisotopic (exact) mass is 285 g/mol. The van der Waals surface area contributed by atoms with Crippen molar-refractivity contribution >= 4 is 5.78 Å². The summed E-state index contributed by atoms with van der Waals surface area (Å²) in [5.74, 6) is -0.131. The van der Waals surface area contributed by atoms with E-state index in [1.807, 2.05) is 32.0 Å². The third-order valence-corrected chi connectivity index (χ3v) is 3.62. The number of ketones is 1. The van der Waals surface area contributed by atoms with Crippen molar-refractivity contribution in [2.75, 3.05) is 13.1 Å². The maximum absolute atomic E-state index is 12.8. The van der Waals surface area contributed by atoms with Crippen molar-refractivity contribution in [1.82, 2.24) is 5.32 Å². The van der Waals surface area contributed by atoms with Crippen LogP contribution in [0.4, 0.5) is 4.39 Å². The molecule has 0 aliphatic heterocycles. The lowest BCUT2D eigenvalue weighted by Crippen LogP contribution is -2.25. The van der Waals surface area contributed by atoms with Crippen molar-refractivity contribution in [3.8, 4) is 0 Å². The molecule has 0 aliphatic carbocycles. The number of hydrogen-bond acceptors (Lipinski definition) is 2. The van der Waals surface area contributed by atoms with Crippen LogP contribution in [0.1, 0.15) is 27.0 Å². The minimum atomic E-state index is -0.225. The Morgan fingerprint density at radius 2 is 1.76 bits per heavy atom. The maximum atomic E-state index is 12.8. The molecule has 0 aliphatic rings. The Morgan fingerprint density at radius 3 is 2.43 bits per heavy atom. The van der Waals surface area contributed by atoms with Gasteiger partial charge in [-0.15, -0.1) is 0 Å². The van der Waals surface area contributed by atoms with Crippen molar-refractivity contribution in [3.05, 3.63) is 70.5 Å². The second kappa shape index (κ2) is 7.14. The molecule has 110 valence electrons. The molecule has 2 rings (SSSR count). The molecule has 3 heteroatoms. The SMILES string of the molecule is Cc1ccc(C(=O)CNCCc2ccc(F)cc2)cc1C. The first-order chi connectivity index (χ1) is 10.1. The van der Waals surface area contributed by atoms with Gasteiger partial charge in [0, 0.05) is 5.56 Å². The van der Waals surface area contributed by atoms with E-state index in [0.717, 1.165) is 23.1 Å². The fourth-order valence-electron chi connectivity index (χ4n) is 2.10. The molecule has 1 N–H and O–H groups in total. The fourth-order valence-corrected chi connectivity index (χ4v) is 2.10. The summed E-state index contributed by atoms with van der Waals surface area (Å²) < 4.78 is 12.8. The van der Waals surface area contributed by atoms with E-state index >= 15 is 0 Å². The topological polar surface area (TPSA) is 29.1 Å². The first-order valence-electron chi connectivity index (χ1n) is 7.12. The lowest BCUT2D eigenvalue weighted by Gasteiger charge is -2.06. The molecule has 0 aromatic heterocycles. The van der Waals surface area contributed by atoms with Gasteiger partial charge in [-0.3, -0.25) is 4.79 Å². The van der Waals surface area contributed by atoms with E-state index in [-0.39, 0.29) is 11.6 Å². The molecule has 2 aromatic carbocycles. The zero-order chi connectivity index (χ0) is 15.2. The fraction of sp³-hybridized carbons (Fsp3) is 0.278. The van der Waals surface area contributed by atoms with Crippen LogP contribution in [0, 0.1) is 19.7 Å². The minimum Gasteiger partial charge on any atom is -0.309 e. The van der Waals surface area contributed by atoms with Gasteiger partial charge >= 0.3 is 0 Å². The van der Waals surface area contributed by atoms with Gasteiger partial charge in [-0.2, -0.15) is 0 Å². The third kappa shape index (κ3) is 4.50. The van der Waals surface area contributed by atoms with Gasteiger partial charge in [0.25, 0.3) is 0 Å². The standard InChI is InChI=1S/C18H20FNO/c1-13-3-6-16(11-14(13)2)18(21)12-20-10-9-15-4-7-17(19)8-5-15/h3-8,11,20H,9-10,12H2,1-2H3. The molecule has 2 aromatic rings. The van der Waals surface area contributed by atoms with Gasteiger partial charge in [0.05, 0.1) is 6.54 Å². The van der Waals surface area contributed by atoms with E-state index in [0.29, 0.717) is 13.1 Å². The zero-order valence-electron chi connectivity index (χ0n) is 12.4. The van der Waals surface area contributed by atoms with Crippen LogP contribution in [0.2, 0.25) is 0 Å². The van der Waals surface area contributed by atoms with Crippen molar-refractivity contribution in [1.29, 1.82) is 0 Å². The van der Waals surface area contributed by atoms with Crippen molar-refractivity contribution in [2.45, 2.75) is 20.3 Å². The predicted molar refractivity (Wildman–Crippen MR) is 83.2 cm³/mol. The molecule has 0 unspecified atom stereocenters. The number of halogens is 1. The molecule has 0 saturated carbocycles. The van der Waals surface area contributed by atoms with Gasteiger partial charge in [-0.1, -0.05) is 24.3 Å². The Kier molecular flexibility index (Phi) is 5.23. The van der Waals surface area contributed by atoms with Gasteiger partial charge < -0.3 is 5.32 Å². The zero-order valence-corrected chi connectivity index (χ0v) is 12.4. The molecule has 0 saturated heterocycles. The Balaban J connectivity index is 1.79. The Bertz CT molecular complexity index is 620. The molecular weight excluding hydrogens is 265 g/mol. The summed E-state index contributed by atoms with van der Waals surface area (Å²) in [6.07, 6.45) is 0.778. The van der Waals surface area contributed by atoms with Gasteiger partial charge in [-0.25, -0.2) is 4.39 Å². The van der Waals surface area contributed by atoms with Gasteiger partial charge in [0.15, 0.2) is 5.78 Å². The molecule has 0 spiro atoms. The molecule has 0 fully saturated rings. The Morgan fingerprint density at radius 1 is 1.05 bits per heavy atom. The molecule has 0 heterocycles. The quantitative estimate of drug-likeness (QED) is 0.650. The average Bonchev–Trinajstić information content (AvgIpc) is 2.48.